The average molecular weight is 264 g/mol. The van der Waals surface area contributed by atoms with Gasteiger partial charge in [0.2, 0.25) is 0 Å². The first-order valence-electron chi connectivity index (χ1n) is 5.71. The summed E-state index contributed by atoms with van der Waals surface area (Å²) < 4.78 is 15.2. The molecule has 0 bridgehead atoms. The number of rotatable bonds is 6. The Kier molecular flexibility index (Phi) is 5.60. The molecular formula is C14H16O5. The van der Waals surface area contributed by atoms with Crippen molar-refractivity contribution in [1.82, 2.24) is 0 Å². The first-order valence-corrected chi connectivity index (χ1v) is 5.71. The van der Waals surface area contributed by atoms with Gasteiger partial charge in [0, 0.05) is 19.4 Å². The van der Waals surface area contributed by atoms with Crippen molar-refractivity contribution in [3.63, 3.8) is 0 Å². The van der Waals surface area contributed by atoms with Gasteiger partial charge in [-0.05, 0) is 24.3 Å². The van der Waals surface area contributed by atoms with Crippen molar-refractivity contribution < 1.29 is 23.8 Å². The molecule has 102 valence electrons. The van der Waals surface area contributed by atoms with Crippen LogP contribution in [0.4, 0.5) is 0 Å². The summed E-state index contributed by atoms with van der Waals surface area (Å²) in [5, 5.41) is 0. The van der Waals surface area contributed by atoms with E-state index in [4.69, 9.17) is 14.2 Å². The highest BCUT2D eigenvalue weighted by atomic mass is 16.7. The topological polar surface area (TPSA) is 61.8 Å². The Morgan fingerprint density at radius 3 is 2.11 bits per heavy atom. The van der Waals surface area contributed by atoms with Crippen molar-refractivity contribution in [2.75, 3.05) is 6.61 Å². The van der Waals surface area contributed by atoms with Crippen LogP contribution < -0.4 is 4.74 Å². The minimum absolute atomic E-state index is 0.399. The molecule has 0 atom stereocenters. The molecule has 0 fully saturated rings. The zero-order valence-electron chi connectivity index (χ0n) is 10.9. The van der Waals surface area contributed by atoms with Gasteiger partial charge < -0.3 is 14.2 Å². The van der Waals surface area contributed by atoms with Crippen LogP contribution in [0.1, 0.15) is 25.7 Å². The summed E-state index contributed by atoms with van der Waals surface area (Å²) in [6.45, 7) is 6.44. The standard InChI is InChI=1S/C14H16O5/c1-4-9-17-13-7-5-12(6-8-13)14(18-10(2)15)19-11(3)16/h4-8,14H,1,9H2,2-3H3. The molecule has 0 unspecified atom stereocenters. The predicted octanol–water partition coefficient (Wildman–Crippen LogP) is 2.38. The molecule has 0 aliphatic heterocycles. The third kappa shape index (κ3) is 5.25. The molecule has 5 nitrogen and oxygen atoms in total. The first kappa shape index (κ1) is 14.8. The fourth-order valence-corrected chi connectivity index (χ4v) is 1.34. The van der Waals surface area contributed by atoms with Gasteiger partial charge in [-0.3, -0.25) is 9.59 Å². The van der Waals surface area contributed by atoms with Crippen LogP contribution in [-0.4, -0.2) is 18.5 Å². The zero-order valence-corrected chi connectivity index (χ0v) is 10.9. The molecule has 0 heterocycles. The number of hydrogen-bond acceptors (Lipinski definition) is 5. The van der Waals surface area contributed by atoms with Crippen LogP contribution in [0.15, 0.2) is 36.9 Å². The Balaban J connectivity index is 2.80. The summed E-state index contributed by atoms with van der Waals surface area (Å²) in [4.78, 5) is 21.9. The molecule has 1 rings (SSSR count). The van der Waals surface area contributed by atoms with Crippen LogP contribution in [0, 0.1) is 0 Å². The molecular weight excluding hydrogens is 248 g/mol. The van der Waals surface area contributed by atoms with Crippen molar-refractivity contribution in [3.05, 3.63) is 42.5 Å². The van der Waals surface area contributed by atoms with Gasteiger partial charge >= 0.3 is 11.9 Å². The molecule has 0 aromatic heterocycles. The van der Waals surface area contributed by atoms with Gasteiger partial charge in [0.1, 0.15) is 12.4 Å². The van der Waals surface area contributed by atoms with Crippen molar-refractivity contribution in [2.24, 2.45) is 0 Å². The third-order valence-electron chi connectivity index (χ3n) is 2.07. The molecule has 0 saturated heterocycles. The van der Waals surface area contributed by atoms with Gasteiger partial charge in [0.15, 0.2) is 0 Å². The largest absolute Gasteiger partial charge is 0.490 e. The number of carbonyl (C=O) groups excluding carboxylic acids is 2. The predicted molar refractivity (Wildman–Crippen MR) is 68.4 cm³/mol. The lowest BCUT2D eigenvalue weighted by Crippen LogP contribution is -2.14. The van der Waals surface area contributed by atoms with E-state index in [9.17, 15) is 9.59 Å². The quantitative estimate of drug-likeness (QED) is 0.448. The molecule has 0 aliphatic rings. The molecule has 0 saturated carbocycles. The second-order valence-corrected chi connectivity index (χ2v) is 3.72. The van der Waals surface area contributed by atoms with Gasteiger partial charge in [-0.25, -0.2) is 0 Å². The van der Waals surface area contributed by atoms with Crippen LogP contribution in [0.5, 0.6) is 5.75 Å². The Bertz CT molecular complexity index is 433. The number of ether oxygens (including phenoxy) is 3. The fourth-order valence-electron chi connectivity index (χ4n) is 1.34. The number of esters is 2. The Labute approximate surface area is 111 Å². The molecule has 1 aromatic carbocycles. The lowest BCUT2D eigenvalue weighted by molar-refractivity contribution is -0.186. The number of benzene rings is 1. The van der Waals surface area contributed by atoms with E-state index in [1.165, 1.54) is 13.8 Å². The summed E-state index contributed by atoms with van der Waals surface area (Å²) in [7, 11) is 0. The van der Waals surface area contributed by atoms with E-state index >= 15 is 0 Å². The van der Waals surface area contributed by atoms with Crippen LogP contribution in [0.25, 0.3) is 0 Å². The van der Waals surface area contributed by atoms with Crippen LogP contribution in [0.2, 0.25) is 0 Å². The molecule has 0 N–H and O–H groups in total. The normalized spacial score (nSPS) is 9.84. The summed E-state index contributed by atoms with van der Waals surface area (Å²) in [6.07, 6.45) is 0.595. The van der Waals surface area contributed by atoms with Gasteiger partial charge in [-0.15, -0.1) is 0 Å². The monoisotopic (exact) mass is 264 g/mol. The first-order chi connectivity index (χ1) is 9.02. The maximum atomic E-state index is 11.0. The molecule has 19 heavy (non-hydrogen) atoms. The van der Waals surface area contributed by atoms with E-state index < -0.39 is 18.2 Å². The van der Waals surface area contributed by atoms with Crippen molar-refractivity contribution >= 4 is 11.9 Å². The van der Waals surface area contributed by atoms with E-state index in [0.717, 1.165) is 0 Å². The Morgan fingerprint density at radius 1 is 1.16 bits per heavy atom. The summed E-state index contributed by atoms with van der Waals surface area (Å²) in [6, 6.07) is 6.71. The average Bonchev–Trinajstić information content (AvgIpc) is 2.35. The summed E-state index contributed by atoms with van der Waals surface area (Å²) >= 11 is 0. The maximum absolute atomic E-state index is 11.0. The molecule has 0 aliphatic carbocycles. The lowest BCUT2D eigenvalue weighted by atomic mass is 10.2. The highest BCUT2D eigenvalue weighted by Crippen LogP contribution is 2.22. The maximum Gasteiger partial charge on any atom is 0.305 e. The summed E-state index contributed by atoms with van der Waals surface area (Å²) in [5.74, 6) is -0.412. The van der Waals surface area contributed by atoms with Gasteiger partial charge in [0.25, 0.3) is 6.29 Å². The third-order valence-corrected chi connectivity index (χ3v) is 2.07. The molecule has 1 aromatic rings. The Hall–Kier alpha value is -2.30. The fraction of sp³-hybridized carbons (Fsp3) is 0.286. The lowest BCUT2D eigenvalue weighted by Gasteiger charge is -2.17. The van der Waals surface area contributed by atoms with Crippen LogP contribution in [-0.2, 0) is 19.1 Å². The minimum atomic E-state index is -1.04. The van der Waals surface area contributed by atoms with E-state index in [2.05, 4.69) is 6.58 Å². The molecule has 5 heteroatoms. The summed E-state index contributed by atoms with van der Waals surface area (Å²) in [5.41, 5.74) is 0.552. The SMILES string of the molecule is C=CCOc1ccc(C(OC(C)=O)OC(C)=O)cc1. The highest BCUT2D eigenvalue weighted by molar-refractivity contribution is 5.68. The number of carbonyl (C=O) groups is 2. The van der Waals surface area contributed by atoms with Crippen LogP contribution in [0.3, 0.4) is 0 Å². The number of hydrogen-bond donors (Lipinski definition) is 0. The highest BCUT2D eigenvalue weighted by Gasteiger charge is 2.17. The molecule has 0 spiro atoms. The van der Waals surface area contributed by atoms with Crippen molar-refractivity contribution in [2.45, 2.75) is 20.1 Å². The smallest absolute Gasteiger partial charge is 0.305 e. The van der Waals surface area contributed by atoms with Crippen molar-refractivity contribution in [3.8, 4) is 5.75 Å². The second kappa shape index (κ2) is 7.20. The van der Waals surface area contributed by atoms with E-state index in [-0.39, 0.29) is 0 Å². The van der Waals surface area contributed by atoms with Gasteiger partial charge in [0.05, 0.1) is 0 Å². The van der Waals surface area contributed by atoms with Gasteiger partial charge in [-0.1, -0.05) is 12.7 Å². The van der Waals surface area contributed by atoms with E-state index in [0.29, 0.717) is 17.9 Å². The van der Waals surface area contributed by atoms with Crippen molar-refractivity contribution in [1.29, 1.82) is 0 Å². The zero-order chi connectivity index (χ0) is 14.3. The van der Waals surface area contributed by atoms with E-state index in [1.54, 1.807) is 30.3 Å². The van der Waals surface area contributed by atoms with Crippen LogP contribution >= 0.6 is 0 Å². The molecule has 0 amide bonds. The minimum Gasteiger partial charge on any atom is -0.490 e. The van der Waals surface area contributed by atoms with Gasteiger partial charge in [-0.2, -0.15) is 0 Å². The second-order valence-electron chi connectivity index (χ2n) is 3.72. The van der Waals surface area contributed by atoms with E-state index in [1.807, 2.05) is 0 Å². The Morgan fingerprint density at radius 2 is 1.68 bits per heavy atom. The molecule has 0 radical (unpaired) electrons.